The Balaban J connectivity index is 1.49. The second-order valence-electron chi connectivity index (χ2n) is 7.84. The van der Waals surface area contributed by atoms with E-state index in [9.17, 15) is 0 Å². The maximum absolute atomic E-state index is 6.70. The summed E-state index contributed by atoms with van der Waals surface area (Å²) in [5.74, 6) is 0.828. The quantitative estimate of drug-likeness (QED) is 0.861. The van der Waals surface area contributed by atoms with Gasteiger partial charge in [0.2, 0.25) is 0 Å². The molecule has 0 aromatic heterocycles. The maximum Gasteiger partial charge on any atom is 0.0285 e. The standard InChI is InChI=1S/C17H33N3/c1-15-6-5-8-17(18,12-15)14-19-11-7-16(13-19)20-9-3-2-4-10-20/h15-16H,2-14,18H2,1H3. The summed E-state index contributed by atoms with van der Waals surface area (Å²) in [7, 11) is 0. The zero-order valence-corrected chi connectivity index (χ0v) is 13.3. The van der Waals surface area contributed by atoms with Crippen LogP contribution < -0.4 is 5.73 Å². The van der Waals surface area contributed by atoms with Gasteiger partial charge >= 0.3 is 0 Å². The minimum Gasteiger partial charge on any atom is -0.324 e. The zero-order valence-electron chi connectivity index (χ0n) is 13.3. The highest BCUT2D eigenvalue weighted by Gasteiger charge is 2.36. The van der Waals surface area contributed by atoms with Crippen LogP contribution in [0.5, 0.6) is 0 Å². The lowest BCUT2D eigenvalue weighted by atomic mass is 9.77. The van der Waals surface area contributed by atoms with E-state index in [-0.39, 0.29) is 5.54 Å². The number of piperidine rings is 1. The van der Waals surface area contributed by atoms with Crippen molar-refractivity contribution in [2.75, 3.05) is 32.7 Å². The second kappa shape index (κ2) is 6.33. The first-order valence-corrected chi connectivity index (χ1v) is 8.90. The van der Waals surface area contributed by atoms with E-state index in [1.807, 2.05) is 0 Å². The van der Waals surface area contributed by atoms with Crippen LogP contribution in [0.4, 0.5) is 0 Å². The van der Waals surface area contributed by atoms with E-state index in [4.69, 9.17) is 5.73 Å². The summed E-state index contributed by atoms with van der Waals surface area (Å²) in [5.41, 5.74) is 6.80. The van der Waals surface area contributed by atoms with Crippen molar-refractivity contribution in [2.45, 2.75) is 69.9 Å². The number of nitrogens with two attached hydrogens (primary N) is 1. The van der Waals surface area contributed by atoms with Crippen LogP contribution in [0.15, 0.2) is 0 Å². The van der Waals surface area contributed by atoms with Crippen LogP contribution in [-0.4, -0.2) is 54.1 Å². The van der Waals surface area contributed by atoms with E-state index in [1.54, 1.807) is 0 Å². The first kappa shape index (κ1) is 14.8. The van der Waals surface area contributed by atoms with Gasteiger partial charge < -0.3 is 5.73 Å². The molecule has 0 aromatic rings. The Kier molecular flexibility index (Phi) is 4.68. The third-order valence-corrected chi connectivity index (χ3v) is 5.82. The molecule has 3 fully saturated rings. The van der Waals surface area contributed by atoms with E-state index >= 15 is 0 Å². The largest absolute Gasteiger partial charge is 0.324 e. The Bertz CT molecular complexity index is 313. The smallest absolute Gasteiger partial charge is 0.0285 e. The fourth-order valence-electron chi connectivity index (χ4n) is 4.83. The molecule has 3 heteroatoms. The lowest BCUT2D eigenvalue weighted by molar-refractivity contribution is 0.140. The zero-order chi connectivity index (χ0) is 14.0. The Morgan fingerprint density at radius 3 is 2.60 bits per heavy atom. The van der Waals surface area contributed by atoms with Gasteiger partial charge in [0.1, 0.15) is 0 Å². The molecule has 3 aliphatic rings. The summed E-state index contributed by atoms with van der Waals surface area (Å²) in [6.45, 7) is 8.73. The van der Waals surface area contributed by atoms with Crippen molar-refractivity contribution in [3.05, 3.63) is 0 Å². The monoisotopic (exact) mass is 279 g/mol. The number of nitrogens with zero attached hydrogens (tertiary/aromatic N) is 2. The molecule has 2 heterocycles. The number of likely N-dealkylation sites (tertiary alicyclic amines) is 2. The third-order valence-electron chi connectivity index (χ3n) is 5.82. The van der Waals surface area contributed by atoms with E-state index in [2.05, 4.69) is 16.7 Å². The summed E-state index contributed by atoms with van der Waals surface area (Å²) in [5, 5.41) is 0. The summed E-state index contributed by atoms with van der Waals surface area (Å²) in [4.78, 5) is 5.41. The number of hydrogen-bond acceptors (Lipinski definition) is 3. The normalized spacial score (nSPS) is 41.1. The molecular formula is C17H33N3. The van der Waals surface area contributed by atoms with Crippen LogP contribution in [-0.2, 0) is 0 Å². The van der Waals surface area contributed by atoms with Gasteiger partial charge in [-0.1, -0.05) is 26.2 Å². The lowest BCUT2D eigenvalue weighted by Gasteiger charge is -2.40. The van der Waals surface area contributed by atoms with E-state index < -0.39 is 0 Å². The first-order chi connectivity index (χ1) is 9.65. The highest BCUT2D eigenvalue weighted by atomic mass is 15.3. The molecule has 20 heavy (non-hydrogen) atoms. The van der Waals surface area contributed by atoms with Crippen LogP contribution in [0.3, 0.4) is 0 Å². The van der Waals surface area contributed by atoms with Gasteiger partial charge in [0.25, 0.3) is 0 Å². The van der Waals surface area contributed by atoms with Gasteiger partial charge in [0.15, 0.2) is 0 Å². The van der Waals surface area contributed by atoms with Crippen LogP contribution in [0, 0.1) is 5.92 Å². The van der Waals surface area contributed by atoms with Gasteiger partial charge in [-0.25, -0.2) is 0 Å². The molecule has 3 rings (SSSR count). The molecule has 1 aliphatic carbocycles. The molecule has 0 radical (unpaired) electrons. The van der Waals surface area contributed by atoms with Crippen molar-refractivity contribution in [1.29, 1.82) is 0 Å². The second-order valence-corrected chi connectivity index (χ2v) is 7.84. The Labute approximate surface area is 124 Å². The van der Waals surface area contributed by atoms with Crippen molar-refractivity contribution in [2.24, 2.45) is 11.7 Å². The van der Waals surface area contributed by atoms with Crippen molar-refractivity contribution in [3.8, 4) is 0 Å². The minimum absolute atomic E-state index is 0.106. The number of rotatable bonds is 3. The van der Waals surface area contributed by atoms with Crippen molar-refractivity contribution >= 4 is 0 Å². The molecule has 0 spiro atoms. The predicted molar refractivity (Wildman–Crippen MR) is 84.8 cm³/mol. The van der Waals surface area contributed by atoms with E-state index in [1.165, 1.54) is 77.5 Å². The highest BCUT2D eigenvalue weighted by molar-refractivity contribution is 4.95. The summed E-state index contributed by atoms with van der Waals surface area (Å²) in [6, 6.07) is 0.819. The molecule has 0 bridgehead atoms. The van der Waals surface area contributed by atoms with E-state index in [0.717, 1.165) is 18.5 Å². The third kappa shape index (κ3) is 3.55. The Hall–Kier alpha value is -0.120. The first-order valence-electron chi connectivity index (χ1n) is 8.90. The molecule has 0 aromatic carbocycles. The molecular weight excluding hydrogens is 246 g/mol. The fourth-order valence-corrected chi connectivity index (χ4v) is 4.83. The summed E-state index contributed by atoms with van der Waals surface area (Å²) in [6.07, 6.45) is 10.8. The molecule has 2 N–H and O–H groups in total. The van der Waals surface area contributed by atoms with Crippen LogP contribution >= 0.6 is 0 Å². The molecule has 116 valence electrons. The lowest BCUT2D eigenvalue weighted by Crippen LogP contribution is -2.52. The average molecular weight is 279 g/mol. The van der Waals surface area contributed by atoms with Gasteiger partial charge in [-0.05, 0) is 57.7 Å². The molecule has 3 atom stereocenters. The molecule has 2 aliphatic heterocycles. The van der Waals surface area contributed by atoms with Crippen LogP contribution in [0.25, 0.3) is 0 Å². The van der Waals surface area contributed by atoms with Crippen molar-refractivity contribution in [1.82, 2.24) is 9.80 Å². The van der Waals surface area contributed by atoms with Crippen molar-refractivity contribution < 1.29 is 0 Å². The molecule has 3 nitrogen and oxygen atoms in total. The van der Waals surface area contributed by atoms with Gasteiger partial charge in [0.05, 0.1) is 0 Å². The van der Waals surface area contributed by atoms with Gasteiger partial charge in [-0.3, -0.25) is 9.80 Å². The van der Waals surface area contributed by atoms with Gasteiger partial charge in [-0.15, -0.1) is 0 Å². The van der Waals surface area contributed by atoms with E-state index in [0.29, 0.717) is 0 Å². The van der Waals surface area contributed by atoms with Gasteiger partial charge in [-0.2, -0.15) is 0 Å². The minimum atomic E-state index is 0.106. The molecule has 3 unspecified atom stereocenters. The summed E-state index contributed by atoms with van der Waals surface area (Å²) >= 11 is 0. The van der Waals surface area contributed by atoms with Crippen LogP contribution in [0.1, 0.15) is 58.3 Å². The van der Waals surface area contributed by atoms with Gasteiger partial charge in [0, 0.05) is 24.7 Å². The average Bonchev–Trinajstić information content (AvgIpc) is 2.87. The molecule has 0 amide bonds. The SMILES string of the molecule is CC1CCCC(N)(CN2CCC(N3CCCCC3)C2)C1. The van der Waals surface area contributed by atoms with Crippen molar-refractivity contribution in [3.63, 3.8) is 0 Å². The fraction of sp³-hybridized carbons (Fsp3) is 1.00. The Morgan fingerprint density at radius 2 is 1.85 bits per heavy atom. The highest BCUT2D eigenvalue weighted by Crippen LogP contribution is 2.32. The molecule has 2 saturated heterocycles. The summed E-state index contributed by atoms with van der Waals surface area (Å²) < 4.78 is 0. The number of hydrogen-bond donors (Lipinski definition) is 1. The maximum atomic E-state index is 6.70. The predicted octanol–water partition coefficient (Wildman–Crippen LogP) is 2.45. The van der Waals surface area contributed by atoms with Crippen LogP contribution in [0.2, 0.25) is 0 Å². The Morgan fingerprint density at radius 1 is 1.05 bits per heavy atom. The topological polar surface area (TPSA) is 32.5 Å². The molecule has 1 saturated carbocycles.